The third kappa shape index (κ3) is 5.45. The van der Waals surface area contributed by atoms with Crippen molar-refractivity contribution in [1.82, 2.24) is 19.2 Å². The number of aryl methyl sites for hydroxylation is 1. The van der Waals surface area contributed by atoms with E-state index in [0.717, 1.165) is 79.4 Å². The highest BCUT2D eigenvalue weighted by Gasteiger charge is 2.38. The molecule has 1 amide bonds. The molecule has 3 aromatic heterocycles. The summed E-state index contributed by atoms with van der Waals surface area (Å²) in [4.78, 5) is 45.9. The van der Waals surface area contributed by atoms with Crippen molar-refractivity contribution in [3.05, 3.63) is 79.0 Å². The van der Waals surface area contributed by atoms with E-state index < -0.39 is 5.97 Å². The van der Waals surface area contributed by atoms with Crippen LogP contribution in [0.2, 0.25) is 0 Å². The topological polar surface area (TPSA) is 111 Å². The lowest BCUT2D eigenvalue weighted by Crippen LogP contribution is -2.51. The molecule has 6 heterocycles. The third-order valence-electron chi connectivity index (χ3n) is 10.1. The van der Waals surface area contributed by atoms with E-state index in [2.05, 4.69) is 24.1 Å². The second kappa shape index (κ2) is 11.7. The van der Waals surface area contributed by atoms with E-state index in [1.54, 1.807) is 29.1 Å². The lowest BCUT2D eigenvalue weighted by atomic mass is 9.89. The van der Waals surface area contributed by atoms with Gasteiger partial charge in [0.1, 0.15) is 12.3 Å². The maximum absolute atomic E-state index is 14.1. The fourth-order valence-electron chi connectivity index (χ4n) is 7.59. The first-order valence-electron chi connectivity index (χ1n) is 16.6. The number of nitrogens with one attached hydrogen (secondary N) is 1. The number of amides is 1. The molecule has 8 rings (SSSR count). The standard InChI is InChI=1S/C36H40N6O5S/c1-21(43)47-20-28-25(6-5-7-30(28)41-9-8-26-27-14-36(2,3)15-31(27)48-33(26)35(41)45)22-12-29(34(44)39(4)16-22)37-32-13-23-17-40(24-18-46-19-24)10-11-42(23)38-32/h5-7,12-13,16,24H,8-11,14-15,17-20H2,1-4H3,(H,37,38). The van der Waals surface area contributed by atoms with Crippen LogP contribution >= 0.6 is 11.3 Å². The minimum atomic E-state index is -0.407. The molecule has 3 aliphatic heterocycles. The zero-order valence-corrected chi connectivity index (χ0v) is 28.6. The molecule has 1 aliphatic carbocycles. The molecule has 0 atom stereocenters. The van der Waals surface area contributed by atoms with Gasteiger partial charge >= 0.3 is 5.97 Å². The largest absolute Gasteiger partial charge is 0.461 e. The Morgan fingerprint density at radius 2 is 1.96 bits per heavy atom. The molecule has 0 bridgehead atoms. The number of ether oxygens (including phenoxy) is 2. The second-order valence-electron chi connectivity index (χ2n) is 14.2. The average molecular weight is 669 g/mol. The van der Waals surface area contributed by atoms with Crippen molar-refractivity contribution in [1.29, 1.82) is 0 Å². The number of thiophene rings is 1. The summed E-state index contributed by atoms with van der Waals surface area (Å²) in [5.74, 6) is 0.195. The molecule has 0 spiro atoms. The highest BCUT2D eigenvalue weighted by Crippen LogP contribution is 2.46. The molecule has 11 nitrogen and oxygen atoms in total. The van der Waals surface area contributed by atoms with Gasteiger partial charge in [-0.25, -0.2) is 0 Å². The fourth-order valence-corrected chi connectivity index (χ4v) is 9.17. The van der Waals surface area contributed by atoms with Crippen molar-refractivity contribution >= 4 is 40.4 Å². The van der Waals surface area contributed by atoms with Crippen molar-refractivity contribution in [2.75, 3.05) is 36.5 Å². The van der Waals surface area contributed by atoms with Gasteiger partial charge in [-0.1, -0.05) is 26.0 Å². The molecule has 0 unspecified atom stereocenters. The molecule has 0 radical (unpaired) electrons. The van der Waals surface area contributed by atoms with Crippen LogP contribution in [0.4, 0.5) is 17.2 Å². The number of carbonyl (C=O) groups is 2. The summed E-state index contributed by atoms with van der Waals surface area (Å²) >= 11 is 1.64. The summed E-state index contributed by atoms with van der Waals surface area (Å²) in [7, 11) is 1.72. The zero-order chi connectivity index (χ0) is 33.3. The van der Waals surface area contributed by atoms with Gasteiger partial charge in [-0.3, -0.25) is 24.0 Å². The minimum absolute atomic E-state index is 0.00545. The number of rotatable bonds is 7. The lowest BCUT2D eigenvalue weighted by molar-refractivity contribution is -0.142. The Balaban J connectivity index is 1.12. The molecule has 1 fully saturated rings. The van der Waals surface area contributed by atoms with E-state index >= 15 is 0 Å². The van der Waals surface area contributed by atoms with Crippen LogP contribution in [0.5, 0.6) is 0 Å². The van der Waals surface area contributed by atoms with E-state index in [1.807, 2.05) is 39.9 Å². The quantitative estimate of drug-likeness (QED) is 0.284. The predicted octanol–water partition coefficient (Wildman–Crippen LogP) is 4.66. The molecule has 1 N–H and O–H groups in total. The van der Waals surface area contributed by atoms with E-state index in [1.165, 1.54) is 22.9 Å². The first kappa shape index (κ1) is 31.0. The van der Waals surface area contributed by atoms with Crippen LogP contribution in [-0.2, 0) is 60.3 Å². The maximum Gasteiger partial charge on any atom is 0.302 e. The SMILES string of the molecule is CC(=O)OCc1c(-c2cc(Nc3cc4n(n3)CCN(C3COC3)C4)c(=O)n(C)c2)cccc1N1CCc2c(sc3c2CC(C)(C)C3)C1=O. The fraction of sp³-hybridized carbons (Fsp3) is 0.444. The molecule has 250 valence electrons. The van der Waals surface area contributed by atoms with Crippen LogP contribution in [-0.4, -0.2) is 63.5 Å². The summed E-state index contributed by atoms with van der Waals surface area (Å²) in [5.41, 5.74) is 7.06. The Morgan fingerprint density at radius 3 is 2.73 bits per heavy atom. The number of hydrogen-bond acceptors (Lipinski definition) is 9. The lowest BCUT2D eigenvalue weighted by Gasteiger charge is -2.39. The van der Waals surface area contributed by atoms with Crippen molar-refractivity contribution in [2.45, 2.75) is 65.8 Å². The summed E-state index contributed by atoms with van der Waals surface area (Å²) in [5, 5.41) is 8.04. The molecule has 1 saturated heterocycles. The number of pyridine rings is 1. The molecule has 0 saturated carbocycles. The van der Waals surface area contributed by atoms with Crippen LogP contribution in [0, 0.1) is 5.41 Å². The van der Waals surface area contributed by atoms with Gasteiger partial charge in [0.25, 0.3) is 11.5 Å². The van der Waals surface area contributed by atoms with E-state index in [0.29, 0.717) is 29.8 Å². The average Bonchev–Trinajstić information content (AvgIpc) is 3.66. The van der Waals surface area contributed by atoms with Crippen molar-refractivity contribution in [3.8, 4) is 11.1 Å². The van der Waals surface area contributed by atoms with Gasteiger partial charge in [0.15, 0.2) is 5.82 Å². The Bertz CT molecular complexity index is 2020. The molecule has 1 aromatic carbocycles. The summed E-state index contributed by atoms with van der Waals surface area (Å²) in [6.07, 6.45) is 4.57. The van der Waals surface area contributed by atoms with Crippen molar-refractivity contribution < 1.29 is 19.1 Å². The van der Waals surface area contributed by atoms with Crippen LogP contribution in [0.1, 0.15) is 57.7 Å². The zero-order valence-electron chi connectivity index (χ0n) is 27.8. The summed E-state index contributed by atoms with van der Waals surface area (Å²) in [6, 6.07) is 10.1. The Kier molecular flexibility index (Phi) is 7.57. The number of nitrogens with zero attached hydrogens (tertiary/aromatic N) is 5. The molecule has 48 heavy (non-hydrogen) atoms. The van der Waals surface area contributed by atoms with Gasteiger partial charge in [-0.15, -0.1) is 11.3 Å². The smallest absolute Gasteiger partial charge is 0.302 e. The van der Waals surface area contributed by atoms with Gasteiger partial charge in [0.2, 0.25) is 0 Å². The molecular weight excluding hydrogens is 629 g/mol. The van der Waals surface area contributed by atoms with Gasteiger partial charge < -0.3 is 24.3 Å². The Morgan fingerprint density at radius 1 is 1.12 bits per heavy atom. The maximum atomic E-state index is 14.1. The van der Waals surface area contributed by atoms with Crippen LogP contribution < -0.4 is 15.8 Å². The normalized spacial score (nSPS) is 18.7. The Labute approximate surface area is 283 Å². The second-order valence-corrected chi connectivity index (χ2v) is 15.3. The number of esters is 1. The number of benzene rings is 1. The highest BCUT2D eigenvalue weighted by atomic mass is 32.1. The minimum Gasteiger partial charge on any atom is -0.461 e. The number of fused-ring (bicyclic) bond motifs is 4. The first-order valence-corrected chi connectivity index (χ1v) is 17.4. The number of carbonyl (C=O) groups excluding carboxylic acids is 2. The molecule has 12 heteroatoms. The van der Waals surface area contributed by atoms with Crippen LogP contribution in [0.15, 0.2) is 41.3 Å². The summed E-state index contributed by atoms with van der Waals surface area (Å²) < 4.78 is 14.5. The molecular formula is C36H40N6O5S. The summed E-state index contributed by atoms with van der Waals surface area (Å²) in [6.45, 7) is 10.5. The predicted molar refractivity (Wildman–Crippen MR) is 184 cm³/mol. The highest BCUT2D eigenvalue weighted by molar-refractivity contribution is 7.14. The van der Waals surface area contributed by atoms with Crippen molar-refractivity contribution in [2.24, 2.45) is 12.5 Å². The number of aromatic nitrogens is 3. The van der Waals surface area contributed by atoms with Gasteiger partial charge in [0.05, 0.1) is 42.1 Å². The van der Waals surface area contributed by atoms with Gasteiger partial charge in [-0.05, 0) is 53.5 Å². The van der Waals surface area contributed by atoms with Crippen molar-refractivity contribution in [3.63, 3.8) is 0 Å². The van der Waals surface area contributed by atoms with E-state index in [4.69, 9.17) is 14.6 Å². The number of anilines is 3. The molecule has 4 aliphatic rings. The number of hydrogen-bond donors (Lipinski definition) is 1. The van der Waals surface area contributed by atoms with Gasteiger partial charge in [0, 0.05) is 61.9 Å². The van der Waals surface area contributed by atoms with E-state index in [9.17, 15) is 14.4 Å². The van der Waals surface area contributed by atoms with Crippen LogP contribution in [0.3, 0.4) is 0 Å². The molecule has 4 aromatic rings. The third-order valence-corrected chi connectivity index (χ3v) is 11.4. The van der Waals surface area contributed by atoms with Gasteiger partial charge in [-0.2, -0.15) is 5.10 Å². The first-order chi connectivity index (χ1) is 23.0. The van der Waals surface area contributed by atoms with E-state index in [-0.39, 0.29) is 23.5 Å². The van der Waals surface area contributed by atoms with Crippen LogP contribution in [0.25, 0.3) is 11.1 Å². The Hall–Kier alpha value is -4.26. The monoisotopic (exact) mass is 668 g/mol.